The van der Waals surface area contributed by atoms with E-state index >= 15 is 0 Å². The second-order valence-electron chi connectivity index (χ2n) is 7.43. The number of sulfonamides is 1. The maximum atomic E-state index is 13.1. The van der Waals surface area contributed by atoms with Crippen LogP contribution in [0.1, 0.15) is 12.6 Å². The Kier molecular flexibility index (Phi) is 5.55. The molecule has 2 aromatic carbocycles. The number of rotatable bonds is 5. The molecule has 168 valence electrons. The molecular formula is C22H24N4O5S. The van der Waals surface area contributed by atoms with Gasteiger partial charge < -0.3 is 10.1 Å². The van der Waals surface area contributed by atoms with Gasteiger partial charge in [-0.25, -0.2) is 13.1 Å². The van der Waals surface area contributed by atoms with Crippen LogP contribution in [0.15, 0.2) is 59.4 Å². The van der Waals surface area contributed by atoms with Gasteiger partial charge in [0.25, 0.3) is 11.5 Å². The van der Waals surface area contributed by atoms with E-state index in [2.05, 4.69) is 5.32 Å². The van der Waals surface area contributed by atoms with Crippen LogP contribution in [0.25, 0.3) is 5.69 Å². The van der Waals surface area contributed by atoms with Crippen LogP contribution in [0.2, 0.25) is 0 Å². The summed E-state index contributed by atoms with van der Waals surface area (Å²) in [6, 6.07) is 15.7. The molecule has 4 rings (SSSR count). The van der Waals surface area contributed by atoms with Crippen molar-refractivity contribution in [2.45, 2.75) is 20.0 Å². The number of ether oxygens (including phenoxy) is 1. The first kappa shape index (κ1) is 21.7. The zero-order chi connectivity index (χ0) is 23.0. The summed E-state index contributed by atoms with van der Waals surface area (Å²) in [5, 5.41) is 2.66. The molecule has 1 N–H and O–H groups in total. The van der Waals surface area contributed by atoms with Gasteiger partial charge in [0, 0.05) is 7.05 Å². The van der Waals surface area contributed by atoms with Crippen molar-refractivity contribution < 1.29 is 17.9 Å². The summed E-state index contributed by atoms with van der Waals surface area (Å²) in [5.41, 5.74) is 1.33. The van der Waals surface area contributed by atoms with Crippen LogP contribution in [0, 0.1) is 6.92 Å². The summed E-state index contributed by atoms with van der Waals surface area (Å²) >= 11 is 0. The number of carbonyl (C=O) groups excluding carboxylic acids is 1. The molecule has 0 aliphatic carbocycles. The van der Waals surface area contributed by atoms with Crippen LogP contribution >= 0.6 is 0 Å². The number of amides is 1. The molecule has 1 aliphatic heterocycles. The molecular weight excluding hydrogens is 432 g/mol. The SMILES string of the molecule is CCS(=O)(=O)N1C[C@H](C(=O)Nc2c(C)n(C)n(-c3ccccc3)c2=O)Oc2ccccc21. The molecule has 3 aromatic rings. The molecule has 2 heterocycles. The van der Waals surface area contributed by atoms with Crippen LogP contribution in [0.4, 0.5) is 11.4 Å². The van der Waals surface area contributed by atoms with E-state index in [1.165, 1.54) is 8.99 Å². The number of hydrogen-bond donors (Lipinski definition) is 1. The Balaban J connectivity index is 1.66. The highest BCUT2D eigenvalue weighted by Gasteiger charge is 2.36. The largest absolute Gasteiger partial charge is 0.476 e. The Labute approximate surface area is 185 Å². The number of aromatic nitrogens is 2. The van der Waals surface area contributed by atoms with Gasteiger partial charge in [0.1, 0.15) is 11.4 Å². The zero-order valence-electron chi connectivity index (χ0n) is 18.0. The van der Waals surface area contributed by atoms with Crippen molar-refractivity contribution >= 4 is 27.3 Å². The normalized spacial score (nSPS) is 15.7. The van der Waals surface area contributed by atoms with Gasteiger partial charge in [-0.2, -0.15) is 0 Å². The molecule has 0 fully saturated rings. The van der Waals surface area contributed by atoms with Gasteiger partial charge in [0.2, 0.25) is 10.0 Å². The van der Waals surface area contributed by atoms with Gasteiger partial charge in [0.15, 0.2) is 6.10 Å². The number of carbonyl (C=O) groups is 1. The third-order valence-electron chi connectivity index (χ3n) is 5.53. The van der Waals surface area contributed by atoms with E-state index in [9.17, 15) is 18.0 Å². The Bertz CT molecular complexity index is 1330. The topological polar surface area (TPSA) is 103 Å². The van der Waals surface area contributed by atoms with Gasteiger partial charge in [-0.05, 0) is 38.1 Å². The smallest absolute Gasteiger partial charge is 0.295 e. The molecule has 0 radical (unpaired) electrons. The Hall–Kier alpha value is -3.53. The van der Waals surface area contributed by atoms with Crippen molar-refractivity contribution in [3.63, 3.8) is 0 Å². The number of para-hydroxylation sites is 3. The third-order valence-corrected chi connectivity index (χ3v) is 7.28. The van der Waals surface area contributed by atoms with Gasteiger partial charge in [-0.15, -0.1) is 0 Å². The van der Waals surface area contributed by atoms with Crippen molar-refractivity contribution in [2.75, 3.05) is 21.9 Å². The molecule has 32 heavy (non-hydrogen) atoms. The number of benzene rings is 2. The van der Waals surface area contributed by atoms with Crippen LogP contribution in [0.5, 0.6) is 5.75 Å². The quantitative estimate of drug-likeness (QED) is 0.633. The van der Waals surface area contributed by atoms with E-state index in [0.29, 0.717) is 22.8 Å². The molecule has 0 unspecified atom stereocenters. The number of hydrogen-bond acceptors (Lipinski definition) is 5. The van der Waals surface area contributed by atoms with Crippen molar-refractivity contribution in [1.82, 2.24) is 9.36 Å². The van der Waals surface area contributed by atoms with E-state index in [0.717, 1.165) is 0 Å². The Morgan fingerprint density at radius 2 is 1.78 bits per heavy atom. The number of nitrogens with one attached hydrogen (secondary N) is 1. The first-order valence-corrected chi connectivity index (χ1v) is 11.8. The van der Waals surface area contributed by atoms with E-state index in [1.807, 2.05) is 18.2 Å². The molecule has 0 saturated heterocycles. The summed E-state index contributed by atoms with van der Waals surface area (Å²) < 4.78 is 35.4. The fourth-order valence-corrected chi connectivity index (χ4v) is 4.80. The van der Waals surface area contributed by atoms with Crippen molar-refractivity contribution in [2.24, 2.45) is 7.05 Å². The lowest BCUT2D eigenvalue weighted by molar-refractivity contribution is -0.122. The first-order chi connectivity index (χ1) is 15.2. The highest BCUT2D eigenvalue weighted by atomic mass is 32.2. The highest BCUT2D eigenvalue weighted by Crippen LogP contribution is 2.35. The van der Waals surface area contributed by atoms with Crippen molar-refractivity contribution in [3.05, 3.63) is 70.6 Å². The lowest BCUT2D eigenvalue weighted by Gasteiger charge is -2.34. The van der Waals surface area contributed by atoms with Gasteiger partial charge >= 0.3 is 0 Å². The molecule has 1 amide bonds. The predicted molar refractivity (Wildman–Crippen MR) is 122 cm³/mol. The summed E-state index contributed by atoms with van der Waals surface area (Å²) in [7, 11) is -1.90. The second-order valence-corrected chi connectivity index (χ2v) is 9.61. The molecule has 1 aromatic heterocycles. The van der Waals surface area contributed by atoms with E-state index in [-0.39, 0.29) is 18.0 Å². The zero-order valence-corrected chi connectivity index (χ0v) is 18.8. The minimum atomic E-state index is -3.63. The van der Waals surface area contributed by atoms with Crippen molar-refractivity contribution in [3.8, 4) is 11.4 Å². The summed E-state index contributed by atoms with van der Waals surface area (Å²) in [6.07, 6.45) is -1.12. The molecule has 1 atom stereocenters. The van der Waals surface area contributed by atoms with Gasteiger partial charge in [-0.3, -0.25) is 18.6 Å². The second kappa shape index (κ2) is 8.19. The fraction of sp³-hybridized carbons (Fsp3) is 0.273. The fourth-order valence-electron chi connectivity index (χ4n) is 3.67. The Morgan fingerprint density at radius 1 is 1.12 bits per heavy atom. The monoisotopic (exact) mass is 456 g/mol. The average molecular weight is 457 g/mol. The molecule has 0 saturated carbocycles. The summed E-state index contributed by atoms with van der Waals surface area (Å²) in [6.45, 7) is 3.08. The number of nitrogens with zero attached hydrogens (tertiary/aromatic N) is 3. The molecule has 0 spiro atoms. The van der Waals surface area contributed by atoms with E-state index < -0.39 is 27.6 Å². The summed E-state index contributed by atoms with van der Waals surface area (Å²) in [5.74, 6) is -0.417. The lowest BCUT2D eigenvalue weighted by atomic mass is 10.2. The highest BCUT2D eigenvalue weighted by molar-refractivity contribution is 7.92. The van der Waals surface area contributed by atoms with Gasteiger partial charge in [0.05, 0.1) is 29.4 Å². The minimum absolute atomic E-state index is 0.116. The van der Waals surface area contributed by atoms with Crippen LogP contribution in [-0.2, 0) is 21.9 Å². The molecule has 1 aliphatic rings. The molecule has 0 bridgehead atoms. The lowest BCUT2D eigenvalue weighted by Crippen LogP contribution is -2.49. The summed E-state index contributed by atoms with van der Waals surface area (Å²) in [4.78, 5) is 26.2. The Morgan fingerprint density at radius 3 is 2.47 bits per heavy atom. The van der Waals surface area contributed by atoms with Crippen molar-refractivity contribution in [1.29, 1.82) is 0 Å². The standard InChI is InChI=1S/C22H24N4O5S/c1-4-32(29,30)25-14-19(31-18-13-9-8-12-17(18)25)21(27)23-20-15(2)24(3)26(22(20)28)16-10-6-5-7-11-16/h5-13,19H,4,14H2,1-3H3,(H,23,27)/t19-/m1/s1. The predicted octanol–water partition coefficient (Wildman–Crippen LogP) is 2.04. The molecule has 10 heteroatoms. The maximum absolute atomic E-state index is 13.1. The third kappa shape index (κ3) is 3.66. The van der Waals surface area contributed by atoms with Crippen LogP contribution in [0.3, 0.4) is 0 Å². The number of anilines is 2. The minimum Gasteiger partial charge on any atom is -0.476 e. The molecule has 9 nitrogen and oxygen atoms in total. The van der Waals surface area contributed by atoms with Gasteiger partial charge in [-0.1, -0.05) is 30.3 Å². The van der Waals surface area contributed by atoms with Crippen LogP contribution < -0.4 is 19.9 Å². The average Bonchev–Trinajstić information content (AvgIpc) is 3.01. The maximum Gasteiger partial charge on any atom is 0.295 e. The van der Waals surface area contributed by atoms with E-state index in [1.54, 1.807) is 62.0 Å². The number of fused-ring (bicyclic) bond motifs is 1. The van der Waals surface area contributed by atoms with Crippen LogP contribution in [-0.4, -0.2) is 42.1 Å². The van der Waals surface area contributed by atoms with E-state index in [4.69, 9.17) is 4.74 Å². The first-order valence-electron chi connectivity index (χ1n) is 10.2.